The summed E-state index contributed by atoms with van der Waals surface area (Å²) in [6, 6.07) is 7.63. The number of fused-ring (bicyclic) bond motifs is 6. The molecule has 4 nitrogen and oxygen atoms in total. The predicted octanol–water partition coefficient (Wildman–Crippen LogP) is 3.39. The Morgan fingerprint density at radius 2 is 1.96 bits per heavy atom. The first-order chi connectivity index (χ1) is 11.5. The molecule has 0 spiro atoms. The third kappa shape index (κ3) is 1.87. The SMILES string of the molecule is CN1CC(n2c3c(c4cc(Cl)ccc42)C2CCC(C3)N2C)CC1=O. The Balaban J connectivity index is 1.76. The molecule has 2 bridgehead atoms. The van der Waals surface area contributed by atoms with Gasteiger partial charge < -0.3 is 9.47 Å². The predicted molar refractivity (Wildman–Crippen MR) is 95.5 cm³/mol. The summed E-state index contributed by atoms with van der Waals surface area (Å²) < 4.78 is 2.47. The van der Waals surface area contributed by atoms with Gasteiger partial charge in [0.05, 0.1) is 6.04 Å². The highest BCUT2D eigenvalue weighted by Gasteiger charge is 2.42. The van der Waals surface area contributed by atoms with Crippen molar-refractivity contribution in [3.8, 4) is 0 Å². The Morgan fingerprint density at radius 1 is 1.12 bits per heavy atom. The lowest BCUT2D eigenvalue weighted by atomic mass is 9.97. The highest BCUT2D eigenvalue weighted by molar-refractivity contribution is 6.31. The Morgan fingerprint density at radius 3 is 2.71 bits per heavy atom. The third-order valence-electron chi connectivity index (χ3n) is 6.40. The van der Waals surface area contributed by atoms with E-state index in [9.17, 15) is 4.79 Å². The van der Waals surface area contributed by atoms with Crippen molar-refractivity contribution < 1.29 is 4.79 Å². The van der Waals surface area contributed by atoms with Crippen molar-refractivity contribution in [2.45, 2.75) is 43.8 Å². The number of carbonyl (C=O) groups is 1. The summed E-state index contributed by atoms with van der Waals surface area (Å²) in [5.74, 6) is 0.250. The van der Waals surface area contributed by atoms with Crippen LogP contribution in [0, 0.1) is 0 Å². The van der Waals surface area contributed by atoms with Gasteiger partial charge in [0, 0.05) is 60.1 Å². The molecule has 3 aliphatic heterocycles. The average molecular weight is 344 g/mol. The number of amides is 1. The lowest BCUT2D eigenvalue weighted by molar-refractivity contribution is -0.126. The van der Waals surface area contributed by atoms with Gasteiger partial charge in [-0.15, -0.1) is 0 Å². The van der Waals surface area contributed by atoms with Crippen LogP contribution in [0.25, 0.3) is 10.9 Å². The van der Waals surface area contributed by atoms with Crippen molar-refractivity contribution in [1.29, 1.82) is 0 Å². The maximum atomic E-state index is 12.1. The molecule has 1 aromatic carbocycles. The van der Waals surface area contributed by atoms with Crippen molar-refractivity contribution in [1.82, 2.24) is 14.4 Å². The average Bonchev–Trinajstić information content (AvgIpc) is 3.10. The van der Waals surface area contributed by atoms with E-state index in [1.54, 1.807) is 0 Å². The van der Waals surface area contributed by atoms with Gasteiger partial charge in [0.1, 0.15) is 0 Å². The molecular weight excluding hydrogens is 322 g/mol. The number of likely N-dealkylation sites (tertiary alicyclic amines) is 1. The van der Waals surface area contributed by atoms with Crippen LogP contribution in [0.4, 0.5) is 0 Å². The minimum Gasteiger partial charge on any atom is -0.344 e. The van der Waals surface area contributed by atoms with Gasteiger partial charge in [0.25, 0.3) is 0 Å². The minimum atomic E-state index is 0.248. The maximum absolute atomic E-state index is 12.1. The van der Waals surface area contributed by atoms with E-state index in [1.165, 1.54) is 35.0 Å². The Hall–Kier alpha value is -1.52. The number of halogens is 1. The van der Waals surface area contributed by atoms with E-state index < -0.39 is 0 Å². The first-order valence-corrected chi connectivity index (χ1v) is 9.20. The zero-order valence-electron chi connectivity index (χ0n) is 14.1. The monoisotopic (exact) mass is 343 g/mol. The number of benzene rings is 1. The number of hydrogen-bond donors (Lipinski definition) is 0. The second-order valence-corrected chi connectivity index (χ2v) is 8.08. The molecule has 3 aliphatic rings. The first kappa shape index (κ1) is 14.8. The molecule has 5 rings (SSSR count). The summed E-state index contributed by atoms with van der Waals surface area (Å²) in [5, 5.41) is 2.08. The van der Waals surface area contributed by atoms with E-state index in [0.717, 1.165) is 18.0 Å². The largest absolute Gasteiger partial charge is 0.344 e. The molecule has 2 saturated heterocycles. The highest BCUT2D eigenvalue weighted by atomic mass is 35.5. The van der Waals surface area contributed by atoms with Crippen LogP contribution in [0.15, 0.2) is 18.2 Å². The fourth-order valence-corrected chi connectivity index (χ4v) is 5.38. The third-order valence-corrected chi connectivity index (χ3v) is 6.63. The van der Waals surface area contributed by atoms with Crippen LogP contribution in [0.5, 0.6) is 0 Å². The molecule has 1 amide bonds. The number of rotatable bonds is 1. The lowest BCUT2D eigenvalue weighted by Gasteiger charge is -2.33. The summed E-state index contributed by atoms with van der Waals surface area (Å²) in [6.45, 7) is 0.808. The first-order valence-electron chi connectivity index (χ1n) is 8.82. The number of aromatic nitrogens is 1. The number of carbonyl (C=O) groups excluding carboxylic acids is 1. The molecular formula is C19H22ClN3O. The van der Waals surface area contributed by atoms with Crippen molar-refractivity contribution in [3.63, 3.8) is 0 Å². The highest BCUT2D eigenvalue weighted by Crippen LogP contribution is 2.48. The van der Waals surface area contributed by atoms with Crippen molar-refractivity contribution in [2.24, 2.45) is 0 Å². The molecule has 24 heavy (non-hydrogen) atoms. The fourth-order valence-electron chi connectivity index (χ4n) is 5.20. The molecule has 3 unspecified atom stereocenters. The topological polar surface area (TPSA) is 28.5 Å². The van der Waals surface area contributed by atoms with Crippen LogP contribution < -0.4 is 0 Å². The van der Waals surface area contributed by atoms with Crippen LogP contribution in [-0.4, -0.2) is 47.0 Å². The van der Waals surface area contributed by atoms with Gasteiger partial charge in [0.15, 0.2) is 0 Å². The molecule has 0 saturated carbocycles. The van der Waals surface area contributed by atoms with E-state index in [4.69, 9.17) is 11.6 Å². The molecule has 0 N–H and O–H groups in total. The van der Waals surface area contributed by atoms with Crippen molar-refractivity contribution in [3.05, 3.63) is 34.5 Å². The molecule has 3 atom stereocenters. The molecule has 126 valence electrons. The Bertz CT molecular complexity index is 858. The molecule has 5 heteroatoms. The normalized spacial score (nSPS) is 29.7. The zero-order chi connectivity index (χ0) is 16.6. The van der Waals surface area contributed by atoms with Gasteiger partial charge in [-0.25, -0.2) is 0 Å². The summed E-state index contributed by atoms with van der Waals surface area (Å²) >= 11 is 6.33. The zero-order valence-corrected chi connectivity index (χ0v) is 14.9. The summed E-state index contributed by atoms with van der Waals surface area (Å²) in [7, 11) is 4.17. The molecule has 0 aliphatic carbocycles. The standard InChI is InChI=1S/C19H22ClN3O/c1-21-10-13(9-18(21)24)23-15-5-3-11(20)7-14(15)19-16-6-4-12(22(16)2)8-17(19)23/h3,5,7,12-13,16H,4,6,8-10H2,1-2H3. The van der Waals surface area contributed by atoms with Crippen LogP contribution >= 0.6 is 11.6 Å². The van der Waals surface area contributed by atoms with Crippen LogP contribution in [0.2, 0.25) is 5.02 Å². The van der Waals surface area contributed by atoms with Gasteiger partial charge in [-0.1, -0.05) is 11.6 Å². The van der Waals surface area contributed by atoms with E-state index in [-0.39, 0.29) is 11.9 Å². The molecule has 2 aromatic rings. The smallest absolute Gasteiger partial charge is 0.224 e. The van der Waals surface area contributed by atoms with Gasteiger partial charge in [0.2, 0.25) is 5.91 Å². The van der Waals surface area contributed by atoms with E-state index in [2.05, 4.69) is 28.6 Å². The fraction of sp³-hybridized carbons (Fsp3) is 0.526. The van der Waals surface area contributed by atoms with Gasteiger partial charge in [-0.2, -0.15) is 0 Å². The Labute approximate surface area is 147 Å². The van der Waals surface area contributed by atoms with E-state index in [0.29, 0.717) is 18.5 Å². The lowest BCUT2D eigenvalue weighted by Crippen LogP contribution is -2.35. The maximum Gasteiger partial charge on any atom is 0.224 e. The van der Waals surface area contributed by atoms with Crippen molar-refractivity contribution >= 4 is 28.4 Å². The molecule has 2 fully saturated rings. The minimum absolute atomic E-state index is 0.248. The van der Waals surface area contributed by atoms with Gasteiger partial charge in [-0.05, 0) is 43.7 Å². The second kappa shape index (κ2) is 4.99. The van der Waals surface area contributed by atoms with Crippen LogP contribution in [-0.2, 0) is 11.2 Å². The summed E-state index contributed by atoms with van der Waals surface area (Å²) in [5.41, 5.74) is 4.16. The Kier molecular flexibility index (Phi) is 3.08. The van der Waals surface area contributed by atoms with E-state index >= 15 is 0 Å². The summed E-state index contributed by atoms with van der Waals surface area (Å²) in [6.07, 6.45) is 4.19. The second-order valence-electron chi connectivity index (χ2n) is 7.64. The van der Waals surface area contributed by atoms with Gasteiger partial charge >= 0.3 is 0 Å². The van der Waals surface area contributed by atoms with Gasteiger partial charge in [-0.3, -0.25) is 9.69 Å². The molecule has 0 radical (unpaired) electrons. The molecule has 1 aromatic heterocycles. The number of likely N-dealkylation sites (N-methyl/N-ethyl adjacent to an activating group) is 2. The van der Waals surface area contributed by atoms with Crippen LogP contribution in [0.3, 0.4) is 0 Å². The van der Waals surface area contributed by atoms with Crippen LogP contribution in [0.1, 0.15) is 42.6 Å². The summed E-state index contributed by atoms with van der Waals surface area (Å²) in [4.78, 5) is 16.5. The van der Waals surface area contributed by atoms with E-state index in [1.807, 2.05) is 18.0 Å². The quantitative estimate of drug-likeness (QED) is 0.794. The van der Waals surface area contributed by atoms with Crippen molar-refractivity contribution in [2.75, 3.05) is 20.6 Å². The molecule has 4 heterocycles. The number of nitrogens with zero attached hydrogens (tertiary/aromatic N) is 3. The number of hydrogen-bond acceptors (Lipinski definition) is 2.